The van der Waals surface area contributed by atoms with E-state index < -0.39 is 28.1 Å². The van der Waals surface area contributed by atoms with Crippen LogP contribution in [0, 0.1) is 10.8 Å². The van der Waals surface area contributed by atoms with E-state index in [2.05, 4.69) is 5.32 Å². The molecule has 1 unspecified atom stereocenters. The highest BCUT2D eigenvalue weighted by Crippen LogP contribution is 2.64. The van der Waals surface area contributed by atoms with Crippen molar-refractivity contribution in [2.24, 2.45) is 10.8 Å². The monoisotopic (exact) mass is 321 g/mol. The van der Waals surface area contributed by atoms with Gasteiger partial charge in [0.15, 0.2) is 0 Å². The predicted octanol–water partition coefficient (Wildman–Crippen LogP) is 2.40. The second-order valence-electron chi connectivity index (χ2n) is 6.53. The van der Waals surface area contributed by atoms with Crippen LogP contribution in [0.25, 0.3) is 0 Å². The van der Waals surface area contributed by atoms with Crippen LogP contribution < -0.4 is 5.32 Å². The summed E-state index contributed by atoms with van der Waals surface area (Å²) in [4.78, 5) is 24.7. The number of rotatable bonds is 4. The van der Waals surface area contributed by atoms with Gasteiger partial charge in [-0.2, -0.15) is 0 Å². The minimum absolute atomic E-state index is 0.0858. The zero-order valence-electron chi connectivity index (χ0n) is 12.4. The van der Waals surface area contributed by atoms with Crippen LogP contribution in [-0.4, -0.2) is 27.4 Å². The summed E-state index contributed by atoms with van der Waals surface area (Å²) >= 11 is 0. The van der Waals surface area contributed by atoms with Gasteiger partial charge in [-0.15, -0.1) is 0 Å². The summed E-state index contributed by atoms with van der Waals surface area (Å²) in [6.45, 7) is 0. The zero-order valence-corrected chi connectivity index (χ0v) is 13.2. The molecule has 1 amide bonds. The Morgan fingerprint density at radius 3 is 2.45 bits per heavy atom. The third-order valence-electron chi connectivity index (χ3n) is 5.04. The quantitative estimate of drug-likeness (QED) is 0.834. The molecule has 1 atom stereocenters. The predicted molar refractivity (Wildman–Crippen MR) is 83.0 cm³/mol. The Morgan fingerprint density at radius 1 is 1.27 bits per heavy atom. The van der Waals surface area contributed by atoms with E-state index in [0.29, 0.717) is 23.4 Å². The number of carbonyl (C=O) groups excluding carboxylic acids is 1. The molecule has 2 fully saturated rings. The molecule has 118 valence electrons. The van der Waals surface area contributed by atoms with Gasteiger partial charge in [-0.05, 0) is 49.3 Å². The van der Waals surface area contributed by atoms with Gasteiger partial charge >= 0.3 is 5.97 Å². The summed E-state index contributed by atoms with van der Waals surface area (Å²) in [5.74, 6) is -1.51. The molecule has 22 heavy (non-hydrogen) atoms. The van der Waals surface area contributed by atoms with Crippen LogP contribution in [0.2, 0.25) is 0 Å². The number of carbonyl (C=O) groups is 2. The number of carboxylic acids is 1. The van der Waals surface area contributed by atoms with Crippen LogP contribution in [0.1, 0.15) is 32.1 Å². The van der Waals surface area contributed by atoms with Crippen LogP contribution in [0.4, 0.5) is 5.69 Å². The molecule has 0 aliphatic heterocycles. The first-order chi connectivity index (χ1) is 10.4. The molecule has 2 aliphatic carbocycles. The largest absolute Gasteiger partial charge is 0.480 e. The Bertz CT molecular complexity index is 658. The number of hydrogen-bond acceptors (Lipinski definition) is 3. The molecule has 0 heterocycles. The minimum atomic E-state index is -1.30. The van der Waals surface area contributed by atoms with Crippen molar-refractivity contribution in [3.63, 3.8) is 0 Å². The molecule has 5 nitrogen and oxygen atoms in total. The molecular weight excluding hydrogens is 302 g/mol. The number of hydrogen-bond donors (Lipinski definition) is 2. The lowest BCUT2D eigenvalue weighted by Gasteiger charge is -2.58. The molecule has 1 aromatic rings. The third-order valence-corrected chi connectivity index (χ3v) is 5.95. The van der Waals surface area contributed by atoms with E-state index in [-0.39, 0.29) is 5.41 Å². The fraction of sp³-hybridized carbons (Fsp3) is 0.500. The maximum Gasteiger partial charge on any atom is 0.319 e. The number of carboxylic acid groups (broad SMARTS) is 1. The summed E-state index contributed by atoms with van der Waals surface area (Å²) in [5.41, 5.74) is -0.725. The fourth-order valence-corrected chi connectivity index (χ4v) is 4.23. The topological polar surface area (TPSA) is 83.5 Å². The smallest absolute Gasteiger partial charge is 0.319 e. The van der Waals surface area contributed by atoms with Crippen molar-refractivity contribution in [1.29, 1.82) is 0 Å². The van der Waals surface area contributed by atoms with E-state index in [1.807, 2.05) is 0 Å². The molecule has 3 rings (SSSR count). The summed E-state index contributed by atoms with van der Waals surface area (Å²) in [6.07, 6.45) is 5.61. The highest BCUT2D eigenvalue weighted by molar-refractivity contribution is 7.84. The lowest BCUT2D eigenvalue weighted by Crippen LogP contribution is -2.59. The van der Waals surface area contributed by atoms with Crippen molar-refractivity contribution in [3.05, 3.63) is 24.3 Å². The second-order valence-corrected chi connectivity index (χ2v) is 7.91. The van der Waals surface area contributed by atoms with Crippen molar-refractivity contribution in [3.8, 4) is 0 Å². The van der Waals surface area contributed by atoms with Crippen molar-refractivity contribution in [1.82, 2.24) is 0 Å². The van der Waals surface area contributed by atoms with Gasteiger partial charge in [-0.1, -0.05) is 12.5 Å². The van der Waals surface area contributed by atoms with Crippen molar-refractivity contribution in [2.45, 2.75) is 37.0 Å². The van der Waals surface area contributed by atoms with E-state index in [0.717, 1.165) is 19.3 Å². The first-order valence-electron chi connectivity index (χ1n) is 7.35. The van der Waals surface area contributed by atoms with Crippen LogP contribution in [0.3, 0.4) is 0 Å². The number of aliphatic carboxylic acids is 1. The van der Waals surface area contributed by atoms with Gasteiger partial charge in [0.2, 0.25) is 5.91 Å². The Morgan fingerprint density at radius 2 is 1.95 bits per heavy atom. The fourth-order valence-electron chi connectivity index (χ4n) is 3.67. The molecule has 2 aliphatic rings. The zero-order chi connectivity index (χ0) is 16.0. The molecule has 2 saturated carbocycles. The summed E-state index contributed by atoms with van der Waals surface area (Å²) < 4.78 is 11.5. The average molecular weight is 321 g/mol. The van der Waals surface area contributed by atoms with E-state index in [9.17, 15) is 18.9 Å². The Balaban J connectivity index is 1.77. The highest BCUT2D eigenvalue weighted by atomic mass is 32.2. The Kier molecular flexibility index (Phi) is 3.59. The normalized spacial score (nSPS) is 22.2. The highest BCUT2D eigenvalue weighted by Gasteiger charge is 2.64. The van der Waals surface area contributed by atoms with E-state index in [4.69, 9.17) is 0 Å². The van der Waals surface area contributed by atoms with Gasteiger partial charge in [-0.25, -0.2) is 0 Å². The van der Waals surface area contributed by atoms with E-state index >= 15 is 0 Å². The van der Waals surface area contributed by atoms with Crippen LogP contribution in [-0.2, 0) is 20.4 Å². The van der Waals surface area contributed by atoms with Gasteiger partial charge in [0, 0.05) is 27.6 Å². The van der Waals surface area contributed by atoms with Gasteiger partial charge in [0.05, 0.1) is 0 Å². The third kappa shape index (κ3) is 2.35. The first kappa shape index (κ1) is 15.2. The van der Waals surface area contributed by atoms with Gasteiger partial charge in [0.1, 0.15) is 5.41 Å². The van der Waals surface area contributed by atoms with Gasteiger partial charge in [0.25, 0.3) is 0 Å². The average Bonchev–Trinajstić information content (AvgIpc) is 2.35. The molecule has 0 bridgehead atoms. The molecule has 6 heteroatoms. The number of nitrogens with one attached hydrogen (secondary N) is 1. The lowest BCUT2D eigenvalue weighted by molar-refractivity contribution is -0.178. The van der Waals surface area contributed by atoms with Crippen LogP contribution in [0.15, 0.2) is 29.2 Å². The van der Waals surface area contributed by atoms with Gasteiger partial charge < -0.3 is 10.4 Å². The number of benzene rings is 1. The second kappa shape index (κ2) is 5.19. The Labute approximate surface area is 131 Å². The molecule has 1 aromatic carbocycles. The van der Waals surface area contributed by atoms with Gasteiger partial charge in [-0.3, -0.25) is 13.8 Å². The SMILES string of the molecule is CS(=O)c1cccc(NC(=O)C2(C(=O)O)CC3(CCC3)C2)c1. The summed E-state index contributed by atoms with van der Waals surface area (Å²) in [5, 5.41) is 12.2. The first-order valence-corrected chi connectivity index (χ1v) is 8.91. The standard InChI is InChI=1S/C16H19NO4S/c1-22(21)12-5-2-4-11(8-12)17-13(18)16(14(19)20)9-15(10-16)6-3-7-15/h2,4-5,8H,3,6-7,9-10H2,1H3,(H,17,18)(H,19,20). The molecule has 0 radical (unpaired) electrons. The maximum absolute atomic E-state index is 12.5. The van der Waals surface area contributed by atoms with Crippen molar-refractivity contribution >= 4 is 28.4 Å². The van der Waals surface area contributed by atoms with Crippen LogP contribution in [0.5, 0.6) is 0 Å². The van der Waals surface area contributed by atoms with E-state index in [1.165, 1.54) is 0 Å². The molecule has 2 N–H and O–H groups in total. The van der Waals surface area contributed by atoms with Crippen molar-refractivity contribution in [2.75, 3.05) is 11.6 Å². The van der Waals surface area contributed by atoms with Crippen LogP contribution >= 0.6 is 0 Å². The minimum Gasteiger partial charge on any atom is -0.480 e. The van der Waals surface area contributed by atoms with E-state index in [1.54, 1.807) is 30.5 Å². The summed E-state index contributed by atoms with van der Waals surface area (Å²) in [7, 11) is -1.14. The number of anilines is 1. The summed E-state index contributed by atoms with van der Waals surface area (Å²) in [6, 6.07) is 6.72. The Hall–Kier alpha value is -1.69. The molecular formula is C16H19NO4S. The molecule has 1 spiro atoms. The van der Waals surface area contributed by atoms with Crippen molar-refractivity contribution < 1.29 is 18.9 Å². The number of amides is 1. The molecule has 0 aromatic heterocycles. The molecule has 0 saturated heterocycles. The lowest BCUT2D eigenvalue weighted by atomic mass is 9.45. The maximum atomic E-state index is 12.5.